The third-order valence-corrected chi connectivity index (χ3v) is 2.06. The van der Waals surface area contributed by atoms with Crippen LogP contribution < -0.4 is 15.8 Å². The summed E-state index contributed by atoms with van der Waals surface area (Å²) < 4.78 is 5.37. The van der Waals surface area contributed by atoms with Crippen LogP contribution in [-0.4, -0.2) is 11.7 Å². The van der Waals surface area contributed by atoms with Crippen LogP contribution in [-0.2, 0) is 6.42 Å². The lowest BCUT2D eigenvalue weighted by Crippen LogP contribution is -2.18. The Kier molecular flexibility index (Phi) is 2.06. The first-order valence-electron chi connectivity index (χ1n) is 4.08. The van der Waals surface area contributed by atoms with Gasteiger partial charge in [-0.2, -0.15) is 0 Å². The minimum Gasteiger partial charge on any atom is -0.493 e. The monoisotopic (exact) mass is 194 g/mol. The lowest BCUT2D eigenvalue weighted by molar-refractivity contribution is 0.357. The van der Waals surface area contributed by atoms with Gasteiger partial charge < -0.3 is 15.8 Å². The summed E-state index contributed by atoms with van der Waals surface area (Å²) >= 11 is 4.74. The van der Waals surface area contributed by atoms with Crippen molar-refractivity contribution in [2.45, 2.75) is 6.42 Å². The van der Waals surface area contributed by atoms with Crippen molar-refractivity contribution >= 4 is 23.0 Å². The molecule has 4 heteroatoms. The van der Waals surface area contributed by atoms with Gasteiger partial charge in [0.1, 0.15) is 5.75 Å². The summed E-state index contributed by atoms with van der Waals surface area (Å²) in [5, 5.41) is 3.18. The van der Waals surface area contributed by atoms with E-state index in [2.05, 4.69) is 5.32 Å². The molecule has 0 aromatic heterocycles. The predicted octanol–water partition coefficient (Wildman–Crippen LogP) is 1.28. The molecule has 0 amide bonds. The first-order valence-corrected chi connectivity index (χ1v) is 4.49. The van der Waals surface area contributed by atoms with Crippen molar-refractivity contribution in [3.05, 3.63) is 23.8 Å². The Morgan fingerprint density at radius 3 is 3.15 bits per heavy atom. The fourth-order valence-electron chi connectivity index (χ4n) is 1.41. The first-order chi connectivity index (χ1) is 6.25. The average molecular weight is 194 g/mol. The standard InChI is InChI=1S/C9H10N2OS/c10-9(13)11-7-1-2-8-6(5-7)3-4-12-8/h1-2,5H,3-4H2,(H3,10,11,13). The Morgan fingerprint density at radius 1 is 1.54 bits per heavy atom. The summed E-state index contributed by atoms with van der Waals surface area (Å²) in [4.78, 5) is 0. The van der Waals surface area contributed by atoms with Crippen LogP contribution in [0.25, 0.3) is 0 Å². The zero-order valence-electron chi connectivity index (χ0n) is 7.04. The molecular formula is C9H10N2OS. The van der Waals surface area contributed by atoms with E-state index < -0.39 is 0 Å². The van der Waals surface area contributed by atoms with Crippen molar-refractivity contribution in [3.8, 4) is 5.75 Å². The summed E-state index contributed by atoms with van der Waals surface area (Å²) in [6, 6.07) is 5.85. The molecule has 1 aliphatic rings. The largest absolute Gasteiger partial charge is 0.493 e. The third-order valence-electron chi connectivity index (χ3n) is 1.96. The number of hydrogen-bond acceptors (Lipinski definition) is 2. The van der Waals surface area contributed by atoms with Crippen LogP contribution in [0.1, 0.15) is 5.56 Å². The molecule has 13 heavy (non-hydrogen) atoms. The van der Waals surface area contributed by atoms with Crippen molar-refractivity contribution in [2.75, 3.05) is 11.9 Å². The summed E-state index contributed by atoms with van der Waals surface area (Å²) in [6.07, 6.45) is 0.961. The van der Waals surface area contributed by atoms with E-state index in [4.69, 9.17) is 22.7 Å². The molecule has 1 aromatic rings. The number of anilines is 1. The summed E-state index contributed by atoms with van der Waals surface area (Å²) in [5.74, 6) is 0.966. The van der Waals surface area contributed by atoms with E-state index in [-0.39, 0.29) is 0 Å². The van der Waals surface area contributed by atoms with E-state index in [0.29, 0.717) is 5.11 Å². The second-order valence-electron chi connectivity index (χ2n) is 2.91. The molecule has 1 aromatic carbocycles. The fraction of sp³-hybridized carbons (Fsp3) is 0.222. The van der Waals surface area contributed by atoms with E-state index in [1.54, 1.807) is 0 Å². The van der Waals surface area contributed by atoms with Crippen molar-refractivity contribution in [1.29, 1.82) is 0 Å². The highest BCUT2D eigenvalue weighted by molar-refractivity contribution is 7.80. The van der Waals surface area contributed by atoms with Crippen LogP contribution in [0.3, 0.4) is 0 Å². The molecule has 0 saturated carbocycles. The molecule has 0 aliphatic carbocycles. The lowest BCUT2D eigenvalue weighted by Gasteiger charge is -2.05. The maximum absolute atomic E-state index is 5.37. The number of benzene rings is 1. The van der Waals surface area contributed by atoms with Gasteiger partial charge in [0.25, 0.3) is 0 Å². The Hall–Kier alpha value is -1.29. The van der Waals surface area contributed by atoms with Gasteiger partial charge >= 0.3 is 0 Å². The van der Waals surface area contributed by atoms with Gasteiger partial charge in [-0.05, 0) is 36.0 Å². The molecule has 3 nitrogen and oxygen atoms in total. The van der Waals surface area contributed by atoms with Gasteiger partial charge in [0.05, 0.1) is 6.61 Å². The topological polar surface area (TPSA) is 47.3 Å². The number of nitrogens with two attached hydrogens (primary N) is 1. The first kappa shape index (κ1) is 8.31. The van der Waals surface area contributed by atoms with Gasteiger partial charge in [-0.25, -0.2) is 0 Å². The van der Waals surface area contributed by atoms with Crippen molar-refractivity contribution in [3.63, 3.8) is 0 Å². The minimum absolute atomic E-state index is 0.291. The number of rotatable bonds is 1. The molecule has 0 spiro atoms. The fourth-order valence-corrected chi connectivity index (χ4v) is 1.52. The molecule has 0 radical (unpaired) electrons. The highest BCUT2D eigenvalue weighted by Gasteiger charge is 2.11. The molecule has 0 unspecified atom stereocenters. The number of fused-ring (bicyclic) bond motifs is 1. The smallest absolute Gasteiger partial charge is 0.168 e. The molecule has 0 bridgehead atoms. The molecule has 1 aliphatic heterocycles. The second-order valence-corrected chi connectivity index (χ2v) is 3.35. The van der Waals surface area contributed by atoms with Crippen LogP contribution in [0.2, 0.25) is 0 Å². The Balaban J connectivity index is 2.25. The normalized spacial score (nSPS) is 13.2. The zero-order chi connectivity index (χ0) is 9.26. The van der Waals surface area contributed by atoms with E-state index in [1.807, 2.05) is 18.2 Å². The van der Waals surface area contributed by atoms with Crippen LogP contribution in [0, 0.1) is 0 Å². The summed E-state index contributed by atoms with van der Waals surface area (Å²) in [6.45, 7) is 0.770. The maximum Gasteiger partial charge on any atom is 0.168 e. The minimum atomic E-state index is 0.291. The molecule has 3 N–H and O–H groups in total. The van der Waals surface area contributed by atoms with E-state index in [0.717, 1.165) is 24.5 Å². The highest BCUT2D eigenvalue weighted by atomic mass is 32.1. The quantitative estimate of drug-likeness (QED) is 0.661. The highest BCUT2D eigenvalue weighted by Crippen LogP contribution is 2.27. The van der Waals surface area contributed by atoms with Crippen molar-refractivity contribution in [2.24, 2.45) is 5.73 Å². The average Bonchev–Trinajstić information content (AvgIpc) is 2.49. The van der Waals surface area contributed by atoms with E-state index in [9.17, 15) is 0 Å². The molecule has 1 heterocycles. The van der Waals surface area contributed by atoms with Crippen LogP contribution >= 0.6 is 12.2 Å². The molecular weight excluding hydrogens is 184 g/mol. The van der Waals surface area contributed by atoms with Gasteiger partial charge in [0.15, 0.2) is 5.11 Å². The van der Waals surface area contributed by atoms with Crippen molar-refractivity contribution < 1.29 is 4.74 Å². The van der Waals surface area contributed by atoms with Crippen LogP contribution in [0.5, 0.6) is 5.75 Å². The molecule has 2 rings (SSSR count). The van der Waals surface area contributed by atoms with Gasteiger partial charge in [-0.15, -0.1) is 0 Å². The van der Waals surface area contributed by atoms with Gasteiger partial charge in [-0.1, -0.05) is 0 Å². The predicted molar refractivity (Wildman–Crippen MR) is 56.0 cm³/mol. The van der Waals surface area contributed by atoms with Crippen LogP contribution in [0.4, 0.5) is 5.69 Å². The molecule has 0 saturated heterocycles. The Bertz CT molecular complexity index is 351. The zero-order valence-corrected chi connectivity index (χ0v) is 7.86. The number of nitrogens with one attached hydrogen (secondary N) is 1. The van der Waals surface area contributed by atoms with Gasteiger partial charge in [-0.3, -0.25) is 0 Å². The summed E-state index contributed by atoms with van der Waals surface area (Å²) in [7, 11) is 0. The van der Waals surface area contributed by atoms with Gasteiger partial charge in [0.2, 0.25) is 0 Å². The van der Waals surface area contributed by atoms with Crippen molar-refractivity contribution in [1.82, 2.24) is 0 Å². The van der Waals surface area contributed by atoms with E-state index in [1.165, 1.54) is 5.56 Å². The Labute approximate surface area is 81.9 Å². The summed E-state index contributed by atoms with van der Waals surface area (Å²) in [5.41, 5.74) is 7.50. The SMILES string of the molecule is NC(=S)Nc1ccc2c(c1)CCO2. The van der Waals surface area contributed by atoms with E-state index >= 15 is 0 Å². The number of thiocarbonyl (C=S) groups is 1. The molecule has 0 fully saturated rings. The number of hydrogen-bond donors (Lipinski definition) is 2. The molecule has 0 atom stereocenters. The van der Waals surface area contributed by atoms with Gasteiger partial charge in [0, 0.05) is 12.1 Å². The van der Waals surface area contributed by atoms with Crippen LogP contribution in [0.15, 0.2) is 18.2 Å². The lowest BCUT2D eigenvalue weighted by atomic mass is 10.1. The molecule has 68 valence electrons. The third kappa shape index (κ3) is 1.72. The Morgan fingerprint density at radius 2 is 2.38 bits per heavy atom. The maximum atomic E-state index is 5.37. The number of ether oxygens (including phenoxy) is 1. The second kappa shape index (κ2) is 3.22.